The molecule has 9 nitrogen and oxygen atoms in total. The van der Waals surface area contributed by atoms with Gasteiger partial charge in [0.1, 0.15) is 11.8 Å². The van der Waals surface area contributed by atoms with Gasteiger partial charge in [0.05, 0.1) is 18.8 Å². The molecule has 4 rings (SSSR count). The van der Waals surface area contributed by atoms with Crippen LogP contribution in [0, 0.1) is 0 Å². The lowest BCUT2D eigenvalue weighted by Crippen LogP contribution is -2.45. The molecule has 1 atom stereocenters. The lowest BCUT2D eigenvalue weighted by atomic mass is 10.1. The highest BCUT2D eigenvalue weighted by molar-refractivity contribution is 5.89. The van der Waals surface area contributed by atoms with Gasteiger partial charge in [-0.15, -0.1) is 0 Å². The molecule has 1 aliphatic rings. The molecule has 1 aromatic heterocycles. The van der Waals surface area contributed by atoms with E-state index in [0.29, 0.717) is 24.5 Å². The van der Waals surface area contributed by atoms with Crippen LogP contribution in [0.5, 0.6) is 5.75 Å². The third-order valence-electron chi connectivity index (χ3n) is 4.65. The van der Waals surface area contributed by atoms with Crippen LogP contribution in [0.25, 0.3) is 11.4 Å². The minimum absolute atomic E-state index is 0.120. The molecule has 0 radical (unpaired) electrons. The Morgan fingerprint density at radius 1 is 1.17 bits per heavy atom. The van der Waals surface area contributed by atoms with Gasteiger partial charge >= 0.3 is 5.97 Å². The monoisotopic (exact) mass is 409 g/mol. The Morgan fingerprint density at radius 2 is 2.00 bits per heavy atom. The summed E-state index contributed by atoms with van der Waals surface area (Å²) in [5.41, 5.74) is 0.627. The minimum atomic E-state index is -1.04. The normalized spacial score (nSPS) is 16.3. The maximum atomic E-state index is 12.7. The van der Waals surface area contributed by atoms with E-state index < -0.39 is 12.0 Å². The van der Waals surface area contributed by atoms with E-state index in [9.17, 15) is 9.59 Å². The van der Waals surface area contributed by atoms with Gasteiger partial charge in [-0.25, -0.2) is 4.79 Å². The highest BCUT2D eigenvalue weighted by Gasteiger charge is 2.33. The number of benzene rings is 2. The van der Waals surface area contributed by atoms with Crippen molar-refractivity contribution in [1.82, 2.24) is 15.0 Å². The topological polar surface area (TPSA) is 115 Å². The summed E-state index contributed by atoms with van der Waals surface area (Å²) in [5, 5.41) is 13.1. The second-order valence-corrected chi connectivity index (χ2v) is 6.62. The van der Waals surface area contributed by atoms with Gasteiger partial charge in [-0.1, -0.05) is 35.5 Å². The van der Waals surface area contributed by atoms with Crippen molar-refractivity contribution in [3.05, 3.63) is 66.1 Å². The van der Waals surface area contributed by atoms with Crippen molar-refractivity contribution in [2.24, 2.45) is 0 Å². The third-order valence-corrected chi connectivity index (χ3v) is 4.65. The smallest absolute Gasteiger partial charge is 0.335 e. The van der Waals surface area contributed by atoms with Crippen LogP contribution in [0.3, 0.4) is 0 Å². The second kappa shape index (κ2) is 8.75. The van der Waals surface area contributed by atoms with Crippen LogP contribution in [0.4, 0.5) is 0 Å². The van der Waals surface area contributed by atoms with Crippen LogP contribution in [-0.4, -0.2) is 58.4 Å². The number of carboxylic acid groups (broad SMARTS) is 1. The molecule has 0 saturated carbocycles. The van der Waals surface area contributed by atoms with E-state index in [4.69, 9.17) is 19.1 Å². The number of aromatic nitrogens is 2. The molecular weight excluding hydrogens is 390 g/mol. The molecule has 0 aliphatic carbocycles. The Labute approximate surface area is 171 Å². The van der Waals surface area contributed by atoms with E-state index in [1.807, 2.05) is 18.2 Å². The molecule has 0 bridgehead atoms. The number of carbonyl (C=O) groups excluding carboxylic acids is 1. The summed E-state index contributed by atoms with van der Waals surface area (Å²) >= 11 is 0. The Kier molecular flexibility index (Phi) is 5.71. The number of nitrogens with zero attached hydrogens (tertiary/aromatic N) is 3. The summed E-state index contributed by atoms with van der Waals surface area (Å²) in [6.45, 7) is 0.860. The van der Waals surface area contributed by atoms with Gasteiger partial charge < -0.3 is 24.0 Å². The number of carbonyl (C=O) groups is 2. The molecule has 0 spiro atoms. The number of hydrogen-bond acceptors (Lipinski definition) is 7. The summed E-state index contributed by atoms with van der Waals surface area (Å²) in [7, 11) is 0. The molecule has 1 unspecified atom stereocenters. The zero-order valence-electron chi connectivity index (χ0n) is 15.9. The lowest BCUT2D eigenvalue weighted by Gasteiger charge is -2.33. The number of rotatable bonds is 6. The van der Waals surface area contributed by atoms with Gasteiger partial charge in [-0.3, -0.25) is 4.79 Å². The average molecular weight is 409 g/mol. The van der Waals surface area contributed by atoms with Gasteiger partial charge in [0.2, 0.25) is 5.82 Å². The molecule has 1 aliphatic heterocycles. The molecule has 3 aromatic rings. The fraction of sp³-hybridized carbons (Fsp3) is 0.238. The number of para-hydroxylation sites is 1. The molecule has 9 heteroatoms. The van der Waals surface area contributed by atoms with Gasteiger partial charge in [0, 0.05) is 12.1 Å². The Morgan fingerprint density at radius 3 is 2.80 bits per heavy atom. The van der Waals surface area contributed by atoms with Crippen molar-refractivity contribution >= 4 is 11.9 Å². The fourth-order valence-corrected chi connectivity index (χ4v) is 3.13. The molecule has 1 amide bonds. The summed E-state index contributed by atoms with van der Waals surface area (Å²) in [6, 6.07) is 14.8. The van der Waals surface area contributed by atoms with E-state index >= 15 is 0 Å². The van der Waals surface area contributed by atoms with Crippen LogP contribution in [0.1, 0.15) is 22.3 Å². The van der Waals surface area contributed by atoms with Gasteiger partial charge in [0.15, 0.2) is 6.61 Å². The largest absolute Gasteiger partial charge is 0.484 e. The summed E-state index contributed by atoms with van der Waals surface area (Å²) in [4.78, 5) is 29.9. The first-order valence-corrected chi connectivity index (χ1v) is 9.34. The molecule has 154 valence electrons. The van der Waals surface area contributed by atoms with Crippen LogP contribution in [0.15, 0.2) is 59.1 Å². The number of hydrogen-bond donors (Lipinski definition) is 1. The number of carboxylic acids is 1. The van der Waals surface area contributed by atoms with Crippen molar-refractivity contribution in [2.75, 3.05) is 26.4 Å². The fourth-order valence-electron chi connectivity index (χ4n) is 3.13. The van der Waals surface area contributed by atoms with Crippen LogP contribution in [0.2, 0.25) is 0 Å². The lowest BCUT2D eigenvalue weighted by molar-refractivity contribution is -0.143. The molecule has 1 saturated heterocycles. The minimum Gasteiger partial charge on any atom is -0.484 e. The van der Waals surface area contributed by atoms with Crippen LogP contribution in [-0.2, 0) is 9.53 Å². The van der Waals surface area contributed by atoms with E-state index in [0.717, 1.165) is 0 Å². The first kappa shape index (κ1) is 19.6. The first-order chi connectivity index (χ1) is 14.6. The van der Waals surface area contributed by atoms with Gasteiger partial charge in [-0.2, -0.15) is 4.98 Å². The average Bonchev–Trinajstić information content (AvgIpc) is 3.28. The van der Waals surface area contributed by atoms with E-state index in [2.05, 4.69) is 10.1 Å². The number of morpholine rings is 1. The SMILES string of the molecule is O=C(O)c1cccc(-c2noc(C3COCCN3C(=O)COc3ccccc3)n2)c1. The van der Waals surface area contributed by atoms with Gasteiger partial charge in [0.25, 0.3) is 11.8 Å². The quantitative estimate of drug-likeness (QED) is 0.660. The van der Waals surface area contributed by atoms with Crippen molar-refractivity contribution in [3.8, 4) is 17.1 Å². The van der Waals surface area contributed by atoms with Crippen molar-refractivity contribution in [1.29, 1.82) is 0 Å². The molecule has 30 heavy (non-hydrogen) atoms. The van der Waals surface area contributed by atoms with Crippen molar-refractivity contribution in [2.45, 2.75) is 6.04 Å². The standard InChI is InChI=1S/C21H19N3O6/c25-18(13-29-16-7-2-1-3-8-16)24-9-10-28-12-17(24)20-22-19(23-30-20)14-5-4-6-15(11-14)21(26)27/h1-8,11,17H,9-10,12-13H2,(H,26,27). The highest BCUT2D eigenvalue weighted by Crippen LogP contribution is 2.26. The number of aromatic carboxylic acids is 1. The van der Waals surface area contributed by atoms with Crippen LogP contribution < -0.4 is 4.74 Å². The predicted molar refractivity (Wildman–Crippen MR) is 104 cm³/mol. The predicted octanol–water partition coefficient (Wildman–Crippen LogP) is 2.41. The Balaban J connectivity index is 1.50. The van der Waals surface area contributed by atoms with Crippen molar-refractivity contribution in [3.63, 3.8) is 0 Å². The Hall–Kier alpha value is -3.72. The zero-order valence-corrected chi connectivity index (χ0v) is 15.9. The third kappa shape index (κ3) is 4.31. The Bertz CT molecular complexity index is 1040. The van der Waals surface area contributed by atoms with Crippen LogP contribution >= 0.6 is 0 Å². The highest BCUT2D eigenvalue weighted by atomic mass is 16.5. The van der Waals surface area contributed by atoms with Gasteiger partial charge in [-0.05, 0) is 24.3 Å². The summed E-state index contributed by atoms with van der Waals surface area (Å²) in [6.07, 6.45) is 0. The maximum Gasteiger partial charge on any atom is 0.335 e. The second-order valence-electron chi connectivity index (χ2n) is 6.62. The van der Waals surface area contributed by atoms with E-state index in [1.165, 1.54) is 12.1 Å². The first-order valence-electron chi connectivity index (χ1n) is 9.34. The molecule has 1 N–H and O–H groups in total. The molecule has 2 aromatic carbocycles. The maximum absolute atomic E-state index is 12.7. The summed E-state index contributed by atoms with van der Waals surface area (Å²) in [5.74, 6) is -0.199. The zero-order chi connectivity index (χ0) is 20.9. The summed E-state index contributed by atoms with van der Waals surface area (Å²) < 4.78 is 16.4. The van der Waals surface area contributed by atoms with E-state index in [-0.39, 0.29) is 36.4 Å². The molecular formula is C21H19N3O6. The number of ether oxygens (including phenoxy) is 2. The number of amides is 1. The van der Waals surface area contributed by atoms with E-state index in [1.54, 1.807) is 29.2 Å². The van der Waals surface area contributed by atoms with Crippen molar-refractivity contribution < 1.29 is 28.7 Å². The molecule has 2 heterocycles. The molecule has 1 fully saturated rings.